The summed E-state index contributed by atoms with van der Waals surface area (Å²) < 4.78 is 3.10. The number of nitrogens with one attached hydrogen (secondary N) is 1. The second kappa shape index (κ2) is 6.10. The molecule has 20 heavy (non-hydrogen) atoms. The first-order chi connectivity index (χ1) is 9.45. The van der Waals surface area contributed by atoms with Gasteiger partial charge in [0.1, 0.15) is 5.69 Å². The highest BCUT2D eigenvalue weighted by molar-refractivity contribution is 9.10. The minimum absolute atomic E-state index is 0.948. The molecule has 1 aromatic carbocycles. The lowest BCUT2D eigenvalue weighted by Gasteiger charge is -2.09. The molecule has 1 N–H and O–H groups in total. The molecule has 0 amide bonds. The van der Waals surface area contributed by atoms with Crippen LogP contribution in [0.15, 0.2) is 16.6 Å². The van der Waals surface area contributed by atoms with Crippen LogP contribution in [0.5, 0.6) is 0 Å². The number of hydrogen-bond acceptors (Lipinski definition) is 2. The standard InChI is InChI=1S/C16H22BrN3/c1-10-8-11(2)14(12(3)9-10)16-15(17)13(6-7-18-4)20(5)19-16/h8-9,18H,6-7H2,1-5H3. The largest absolute Gasteiger partial charge is 0.319 e. The first-order valence-electron chi connectivity index (χ1n) is 6.90. The second-order valence-corrected chi connectivity index (χ2v) is 6.15. The molecule has 1 aromatic heterocycles. The van der Waals surface area contributed by atoms with Crippen LogP contribution in [0.1, 0.15) is 22.4 Å². The molecular weight excluding hydrogens is 314 g/mol. The first kappa shape index (κ1) is 15.3. The minimum atomic E-state index is 0.948. The number of benzene rings is 1. The highest BCUT2D eigenvalue weighted by Gasteiger charge is 2.18. The van der Waals surface area contributed by atoms with E-state index in [2.05, 4.69) is 54.2 Å². The van der Waals surface area contributed by atoms with Crippen LogP contribution < -0.4 is 5.32 Å². The number of halogens is 1. The zero-order valence-electron chi connectivity index (χ0n) is 12.8. The molecule has 0 spiro atoms. The highest BCUT2D eigenvalue weighted by atomic mass is 79.9. The number of likely N-dealkylation sites (N-methyl/N-ethyl adjacent to an activating group) is 1. The van der Waals surface area contributed by atoms with Gasteiger partial charge in [0.05, 0.1) is 10.2 Å². The van der Waals surface area contributed by atoms with E-state index in [0.29, 0.717) is 0 Å². The molecule has 4 heteroatoms. The highest BCUT2D eigenvalue weighted by Crippen LogP contribution is 2.34. The van der Waals surface area contributed by atoms with Gasteiger partial charge in [-0.2, -0.15) is 5.10 Å². The minimum Gasteiger partial charge on any atom is -0.319 e. The lowest BCUT2D eigenvalue weighted by atomic mass is 9.97. The van der Waals surface area contributed by atoms with Crippen molar-refractivity contribution in [2.45, 2.75) is 27.2 Å². The summed E-state index contributed by atoms with van der Waals surface area (Å²) in [5, 5.41) is 7.91. The predicted molar refractivity (Wildman–Crippen MR) is 88.2 cm³/mol. The zero-order valence-corrected chi connectivity index (χ0v) is 14.4. The van der Waals surface area contributed by atoms with Gasteiger partial charge in [0.25, 0.3) is 0 Å². The van der Waals surface area contributed by atoms with Crippen LogP contribution in [0, 0.1) is 20.8 Å². The van der Waals surface area contributed by atoms with Crippen LogP contribution in [0.2, 0.25) is 0 Å². The second-order valence-electron chi connectivity index (χ2n) is 5.36. The number of rotatable bonds is 4. The molecule has 0 aliphatic carbocycles. The van der Waals surface area contributed by atoms with E-state index < -0.39 is 0 Å². The van der Waals surface area contributed by atoms with Gasteiger partial charge in [0.15, 0.2) is 0 Å². The van der Waals surface area contributed by atoms with Crippen molar-refractivity contribution < 1.29 is 0 Å². The Labute approximate surface area is 129 Å². The molecule has 0 bridgehead atoms. The molecule has 1 heterocycles. The number of nitrogens with zero attached hydrogens (tertiary/aromatic N) is 2. The molecule has 0 aliphatic heterocycles. The van der Waals surface area contributed by atoms with E-state index >= 15 is 0 Å². The average molecular weight is 336 g/mol. The molecule has 0 fully saturated rings. The number of aryl methyl sites for hydroxylation is 4. The van der Waals surface area contributed by atoms with Gasteiger partial charge in [-0.15, -0.1) is 0 Å². The van der Waals surface area contributed by atoms with Crippen LogP contribution in [-0.2, 0) is 13.5 Å². The summed E-state index contributed by atoms with van der Waals surface area (Å²) in [6.45, 7) is 7.40. The van der Waals surface area contributed by atoms with Crippen LogP contribution >= 0.6 is 15.9 Å². The summed E-state index contributed by atoms with van der Waals surface area (Å²) in [5.41, 5.74) is 7.38. The molecule has 0 unspecified atom stereocenters. The van der Waals surface area contributed by atoms with Gasteiger partial charge in [-0.25, -0.2) is 0 Å². The summed E-state index contributed by atoms with van der Waals surface area (Å²) >= 11 is 3.74. The molecule has 2 aromatic rings. The topological polar surface area (TPSA) is 29.9 Å². The van der Waals surface area contributed by atoms with Crippen molar-refractivity contribution in [3.05, 3.63) is 39.0 Å². The summed E-state index contributed by atoms with van der Waals surface area (Å²) in [7, 11) is 3.98. The normalized spacial score (nSPS) is 11.1. The third kappa shape index (κ3) is 2.81. The molecule has 0 saturated heterocycles. The molecule has 0 saturated carbocycles. The fourth-order valence-electron chi connectivity index (χ4n) is 2.76. The fraction of sp³-hybridized carbons (Fsp3) is 0.438. The summed E-state index contributed by atoms with van der Waals surface area (Å²) in [6, 6.07) is 4.44. The van der Waals surface area contributed by atoms with Gasteiger partial charge in [0, 0.05) is 25.6 Å². The van der Waals surface area contributed by atoms with E-state index in [1.807, 2.05) is 18.8 Å². The quantitative estimate of drug-likeness (QED) is 0.926. The molecular formula is C16H22BrN3. The Morgan fingerprint density at radius 2 is 1.80 bits per heavy atom. The number of aromatic nitrogens is 2. The van der Waals surface area contributed by atoms with Crippen molar-refractivity contribution in [1.82, 2.24) is 15.1 Å². The summed E-state index contributed by atoms with van der Waals surface area (Å²) in [4.78, 5) is 0. The Hall–Kier alpha value is -1.13. The smallest absolute Gasteiger partial charge is 0.107 e. The summed E-state index contributed by atoms with van der Waals surface area (Å²) in [5.74, 6) is 0. The molecule has 108 valence electrons. The van der Waals surface area contributed by atoms with E-state index in [1.165, 1.54) is 27.9 Å². The van der Waals surface area contributed by atoms with E-state index in [-0.39, 0.29) is 0 Å². The van der Waals surface area contributed by atoms with Crippen molar-refractivity contribution >= 4 is 15.9 Å². The number of hydrogen-bond donors (Lipinski definition) is 1. The van der Waals surface area contributed by atoms with E-state index in [0.717, 1.165) is 23.1 Å². The maximum Gasteiger partial charge on any atom is 0.107 e. The van der Waals surface area contributed by atoms with Crippen molar-refractivity contribution in [2.75, 3.05) is 13.6 Å². The average Bonchev–Trinajstić information content (AvgIpc) is 2.62. The SMILES string of the molecule is CNCCc1c(Br)c(-c2c(C)cc(C)cc2C)nn1C. The van der Waals surface area contributed by atoms with Crippen molar-refractivity contribution in [1.29, 1.82) is 0 Å². The Morgan fingerprint density at radius 3 is 2.35 bits per heavy atom. The van der Waals surface area contributed by atoms with Gasteiger partial charge in [0.2, 0.25) is 0 Å². The van der Waals surface area contributed by atoms with Gasteiger partial charge in [-0.1, -0.05) is 17.7 Å². The Morgan fingerprint density at radius 1 is 1.20 bits per heavy atom. The van der Waals surface area contributed by atoms with E-state index in [1.54, 1.807) is 0 Å². The molecule has 0 radical (unpaired) electrons. The third-order valence-electron chi connectivity index (χ3n) is 3.63. The van der Waals surface area contributed by atoms with E-state index in [9.17, 15) is 0 Å². The third-order valence-corrected chi connectivity index (χ3v) is 4.46. The first-order valence-corrected chi connectivity index (χ1v) is 7.69. The molecule has 0 atom stereocenters. The van der Waals surface area contributed by atoms with Crippen LogP contribution in [0.4, 0.5) is 0 Å². The van der Waals surface area contributed by atoms with Crippen LogP contribution in [0.25, 0.3) is 11.3 Å². The van der Waals surface area contributed by atoms with Gasteiger partial charge < -0.3 is 5.32 Å². The maximum atomic E-state index is 4.73. The Kier molecular flexibility index (Phi) is 4.66. The lowest BCUT2D eigenvalue weighted by molar-refractivity contribution is 0.681. The predicted octanol–water partition coefficient (Wildman–Crippen LogP) is 3.54. The Bertz CT molecular complexity index is 606. The van der Waals surface area contributed by atoms with Crippen molar-refractivity contribution in [2.24, 2.45) is 7.05 Å². The van der Waals surface area contributed by atoms with Crippen LogP contribution in [-0.4, -0.2) is 23.4 Å². The van der Waals surface area contributed by atoms with Gasteiger partial charge in [-0.3, -0.25) is 4.68 Å². The maximum absolute atomic E-state index is 4.73. The van der Waals surface area contributed by atoms with Crippen molar-refractivity contribution in [3.8, 4) is 11.3 Å². The van der Waals surface area contributed by atoms with Gasteiger partial charge in [-0.05, 0) is 54.9 Å². The zero-order chi connectivity index (χ0) is 14.9. The summed E-state index contributed by atoms with van der Waals surface area (Å²) in [6.07, 6.45) is 0.963. The molecule has 3 nitrogen and oxygen atoms in total. The van der Waals surface area contributed by atoms with Gasteiger partial charge >= 0.3 is 0 Å². The van der Waals surface area contributed by atoms with E-state index in [4.69, 9.17) is 5.10 Å². The monoisotopic (exact) mass is 335 g/mol. The molecule has 0 aliphatic rings. The lowest BCUT2D eigenvalue weighted by Crippen LogP contribution is -2.12. The van der Waals surface area contributed by atoms with Crippen LogP contribution in [0.3, 0.4) is 0 Å². The Balaban J connectivity index is 2.54. The van der Waals surface area contributed by atoms with Crippen molar-refractivity contribution in [3.63, 3.8) is 0 Å². The fourth-order valence-corrected chi connectivity index (χ4v) is 3.49. The molecule has 2 rings (SSSR count).